The van der Waals surface area contributed by atoms with Crippen molar-refractivity contribution in [1.82, 2.24) is 0 Å². The summed E-state index contributed by atoms with van der Waals surface area (Å²) in [5, 5.41) is 32.9. The van der Waals surface area contributed by atoms with Gasteiger partial charge in [0.15, 0.2) is 5.78 Å². The van der Waals surface area contributed by atoms with Crippen LogP contribution in [0.1, 0.15) is 93.4 Å². The molecule has 5 rings (SSSR count). The minimum absolute atomic E-state index is 0.0367. The average molecular weight is 526 g/mol. The third-order valence-electron chi connectivity index (χ3n) is 13.3. The number of rotatable bonds is 1. The number of ketones is 1. The highest BCUT2D eigenvalue weighted by Crippen LogP contribution is 2.75. The Morgan fingerprint density at radius 3 is 2.24 bits per heavy atom. The molecule has 0 saturated heterocycles. The molecule has 4 fully saturated rings. The van der Waals surface area contributed by atoms with Crippen LogP contribution in [0.4, 0.5) is 0 Å². The summed E-state index contributed by atoms with van der Waals surface area (Å²) in [6.07, 6.45) is 5.42. The van der Waals surface area contributed by atoms with Gasteiger partial charge in [0.05, 0.1) is 36.7 Å². The molecular weight excluding hydrogens is 478 g/mol. The Morgan fingerprint density at radius 2 is 1.63 bits per heavy atom. The zero-order valence-corrected chi connectivity index (χ0v) is 24.6. The summed E-state index contributed by atoms with van der Waals surface area (Å²) in [6, 6.07) is 2.21. The predicted molar refractivity (Wildman–Crippen MR) is 143 cm³/mol. The van der Waals surface area contributed by atoms with Gasteiger partial charge in [-0.3, -0.25) is 9.59 Å². The zero-order chi connectivity index (χ0) is 28.3. The maximum atomic E-state index is 14.4. The van der Waals surface area contributed by atoms with E-state index in [-0.39, 0.29) is 45.8 Å². The molecule has 0 heterocycles. The van der Waals surface area contributed by atoms with E-state index in [1.807, 2.05) is 26.8 Å². The summed E-state index contributed by atoms with van der Waals surface area (Å²) in [4.78, 5) is 27.8. The van der Waals surface area contributed by atoms with Crippen LogP contribution in [-0.2, 0) is 14.3 Å². The highest BCUT2D eigenvalue weighted by Gasteiger charge is 2.73. The number of nitrogens with zero attached hydrogens (tertiary/aromatic N) is 1. The van der Waals surface area contributed by atoms with E-state index >= 15 is 0 Å². The fourth-order valence-electron chi connectivity index (χ4n) is 10.8. The van der Waals surface area contributed by atoms with E-state index in [4.69, 9.17) is 4.74 Å². The van der Waals surface area contributed by atoms with Crippen molar-refractivity contribution in [3.8, 4) is 6.07 Å². The van der Waals surface area contributed by atoms with Gasteiger partial charge in [0, 0.05) is 11.3 Å². The number of aliphatic hydroxyl groups excluding tert-OH is 2. The molecule has 6 heteroatoms. The summed E-state index contributed by atoms with van der Waals surface area (Å²) >= 11 is 0. The molecule has 10 unspecified atom stereocenters. The normalized spacial score (nSPS) is 50.8. The largest absolute Gasteiger partial charge is 0.469 e. The van der Waals surface area contributed by atoms with Crippen LogP contribution in [-0.4, -0.2) is 41.3 Å². The van der Waals surface area contributed by atoms with Gasteiger partial charge in [-0.05, 0) is 84.5 Å². The summed E-state index contributed by atoms with van der Waals surface area (Å²) in [5.41, 5.74) is -1.79. The number of aliphatic hydroxyl groups is 2. The number of fused-ring (bicyclic) bond motifs is 7. The van der Waals surface area contributed by atoms with Gasteiger partial charge < -0.3 is 14.9 Å². The van der Waals surface area contributed by atoms with Crippen LogP contribution >= 0.6 is 0 Å². The van der Waals surface area contributed by atoms with Crippen LogP contribution < -0.4 is 0 Å². The highest BCUT2D eigenvalue weighted by molar-refractivity contribution is 5.96. The number of esters is 1. The second-order valence-corrected chi connectivity index (χ2v) is 15.6. The van der Waals surface area contributed by atoms with Crippen molar-refractivity contribution in [3.05, 3.63) is 11.6 Å². The molecule has 0 aromatic carbocycles. The van der Waals surface area contributed by atoms with Crippen LogP contribution in [0.3, 0.4) is 0 Å². The highest BCUT2D eigenvalue weighted by atomic mass is 16.5. The monoisotopic (exact) mass is 525 g/mol. The Labute approximate surface area is 228 Å². The van der Waals surface area contributed by atoms with Crippen molar-refractivity contribution in [2.24, 2.45) is 56.2 Å². The van der Waals surface area contributed by atoms with Crippen molar-refractivity contribution in [3.63, 3.8) is 0 Å². The Hall–Kier alpha value is -1.71. The summed E-state index contributed by atoms with van der Waals surface area (Å²) in [6.45, 7) is 15.1. The van der Waals surface area contributed by atoms with E-state index in [0.717, 1.165) is 44.1 Å². The second kappa shape index (κ2) is 8.16. The first-order valence-electron chi connectivity index (χ1n) is 14.6. The molecule has 2 N–H and O–H groups in total. The topological polar surface area (TPSA) is 108 Å². The van der Waals surface area contributed by atoms with E-state index in [2.05, 4.69) is 33.8 Å². The molecule has 0 amide bonds. The molecule has 0 bridgehead atoms. The standard InChI is InChI=1S/C32H47NO5/c1-27(2)11-13-32(26(37)38-8)14-12-30(6)23(19(32)16-27)20(34)15-22-29(30,5)10-9-21-28(3,4)24(35)18(17-33)25(36)31(21,22)7/h15,18-19,21,23-25,35-36H,9-14,16H2,1-8H3. The fraction of sp³-hybridized carbons (Fsp3) is 0.844. The van der Waals surface area contributed by atoms with Crippen molar-refractivity contribution in [2.75, 3.05) is 7.11 Å². The molecule has 0 spiro atoms. The minimum Gasteiger partial charge on any atom is -0.469 e. The van der Waals surface area contributed by atoms with Gasteiger partial charge in [0.25, 0.3) is 0 Å². The number of methoxy groups -OCH3 is 1. The maximum absolute atomic E-state index is 14.4. The molecule has 10 atom stereocenters. The molecular formula is C32H47NO5. The van der Waals surface area contributed by atoms with Crippen LogP contribution in [0.5, 0.6) is 0 Å². The number of nitriles is 1. The van der Waals surface area contributed by atoms with Crippen LogP contribution in [0.2, 0.25) is 0 Å². The molecule has 0 aromatic rings. The lowest BCUT2D eigenvalue weighted by atomic mass is 9.33. The number of hydrogen-bond donors (Lipinski definition) is 2. The van der Waals surface area contributed by atoms with E-state index < -0.39 is 34.4 Å². The van der Waals surface area contributed by atoms with Crippen molar-refractivity contribution in [1.29, 1.82) is 5.26 Å². The van der Waals surface area contributed by atoms with E-state index in [0.29, 0.717) is 6.42 Å². The Balaban J connectivity index is 1.69. The van der Waals surface area contributed by atoms with Gasteiger partial charge in [-0.25, -0.2) is 0 Å². The summed E-state index contributed by atoms with van der Waals surface area (Å²) in [7, 11) is 1.47. The SMILES string of the molecule is COC(=O)C12CCC(C)(C)CC1C1C(=O)C=C3C4(C)C(O)C(C#N)C(O)C(C)(C)C4CCC3(C)C1(C)CC2. The number of carbonyl (C=O) groups excluding carboxylic acids is 2. The molecule has 6 nitrogen and oxygen atoms in total. The second-order valence-electron chi connectivity index (χ2n) is 15.6. The Morgan fingerprint density at radius 1 is 1.00 bits per heavy atom. The molecule has 210 valence electrons. The van der Waals surface area contributed by atoms with Crippen LogP contribution in [0, 0.1) is 67.5 Å². The number of allylic oxidation sites excluding steroid dienone is 1. The third-order valence-corrected chi connectivity index (χ3v) is 13.3. The first-order chi connectivity index (χ1) is 17.5. The predicted octanol–water partition coefficient (Wildman–Crippen LogP) is 5.22. The fourth-order valence-corrected chi connectivity index (χ4v) is 10.8. The molecule has 5 aliphatic rings. The first-order valence-corrected chi connectivity index (χ1v) is 14.6. The van der Waals surface area contributed by atoms with Crippen LogP contribution in [0.15, 0.2) is 11.6 Å². The number of ether oxygens (including phenoxy) is 1. The van der Waals surface area contributed by atoms with Gasteiger partial charge in [-0.1, -0.05) is 54.0 Å². The Kier molecular flexibility index (Phi) is 5.98. The molecule has 4 saturated carbocycles. The van der Waals surface area contributed by atoms with E-state index in [9.17, 15) is 25.1 Å². The van der Waals surface area contributed by atoms with Crippen molar-refractivity contribution in [2.45, 2.75) is 106 Å². The maximum Gasteiger partial charge on any atom is 0.312 e. The van der Waals surface area contributed by atoms with Crippen LogP contribution in [0.25, 0.3) is 0 Å². The molecule has 38 heavy (non-hydrogen) atoms. The smallest absolute Gasteiger partial charge is 0.312 e. The number of hydrogen-bond acceptors (Lipinski definition) is 6. The molecule has 5 aliphatic carbocycles. The van der Waals surface area contributed by atoms with Crippen molar-refractivity contribution < 1.29 is 24.5 Å². The summed E-state index contributed by atoms with van der Waals surface area (Å²) < 4.78 is 5.40. The minimum atomic E-state index is -1.06. The molecule has 0 aliphatic heterocycles. The quantitative estimate of drug-likeness (QED) is 0.455. The summed E-state index contributed by atoms with van der Waals surface area (Å²) in [5.74, 6) is -1.49. The lowest BCUT2D eigenvalue weighted by Crippen LogP contribution is -2.69. The molecule has 0 aromatic heterocycles. The van der Waals surface area contributed by atoms with Gasteiger partial charge in [0.2, 0.25) is 0 Å². The van der Waals surface area contributed by atoms with Gasteiger partial charge in [0.1, 0.15) is 0 Å². The van der Waals surface area contributed by atoms with Gasteiger partial charge >= 0.3 is 5.97 Å². The molecule has 0 radical (unpaired) electrons. The number of carbonyl (C=O) groups is 2. The zero-order valence-electron chi connectivity index (χ0n) is 24.6. The lowest BCUT2D eigenvalue weighted by Gasteiger charge is -2.70. The van der Waals surface area contributed by atoms with E-state index in [1.54, 1.807) is 0 Å². The van der Waals surface area contributed by atoms with E-state index in [1.165, 1.54) is 7.11 Å². The van der Waals surface area contributed by atoms with Crippen molar-refractivity contribution >= 4 is 11.8 Å². The lowest BCUT2D eigenvalue weighted by molar-refractivity contribution is -0.213. The Bertz CT molecular complexity index is 1130. The average Bonchev–Trinajstić information content (AvgIpc) is 2.84. The third kappa shape index (κ3) is 3.12. The van der Waals surface area contributed by atoms with Gasteiger partial charge in [-0.15, -0.1) is 0 Å². The van der Waals surface area contributed by atoms with Gasteiger partial charge in [-0.2, -0.15) is 5.26 Å². The first kappa shape index (κ1) is 27.8.